The van der Waals surface area contributed by atoms with Crippen molar-refractivity contribution in [1.29, 1.82) is 0 Å². The van der Waals surface area contributed by atoms with Crippen LogP contribution in [-0.4, -0.2) is 32.9 Å². The normalized spacial score (nSPS) is 11.8. The van der Waals surface area contributed by atoms with Crippen LogP contribution in [0.2, 0.25) is 0 Å². The number of nitrogens with two attached hydrogens (primary N) is 1. The van der Waals surface area contributed by atoms with E-state index in [0.717, 1.165) is 33.4 Å². The van der Waals surface area contributed by atoms with Crippen molar-refractivity contribution in [2.75, 3.05) is 11.1 Å². The lowest BCUT2D eigenvalue weighted by Gasteiger charge is -2.19. The lowest BCUT2D eigenvalue weighted by Crippen LogP contribution is -2.32. The van der Waals surface area contributed by atoms with Crippen molar-refractivity contribution in [3.8, 4) is 17.2 Å². The molecule has 0 aliphatic heterocycles. The van der Waals surface area contributed by atoms with Gasteiger partial charge in [-0.05, 0) is 86.0 Å². The maximum absolute atomic E-state index is 13.2. The minimum atomic E-state index is -1.02. The molecule has 5 N–H and O–H groups in total. The largest absolute Gasteiger partial charge is 0.483 e. The Labute approximate surface area is 302 Å². The summed E-state index contributed by atoms with van der Waals surface area (Å²) in [7, 11) is 0. The first-order valence-electron chi connectivity index (χ1n) is 15.6. The van der Waals surface area contributed by atoms with Gasteiger partial charge in [0.25, 0.3) is 0 Å². The standard InChI is InChI=1S/C39H36N4O5.2ClH/c1-23-19-30(20-24(2)36(23)40)48-29-17-18-33-34(22-29)43-38(42-33)25(3)47-28-15-13-26(14-16-28)21-35(39(45)46)41-32-12-8-7-11-31(32)37(44)27-9-5-4-6-10-27;;/h4-20,22,25,35,41H,21,40H2,1-3H3,(H,42,43)(H,45,46);2*1H. The number of fused-ring (bicyclic) bond motifs is 1. The number of para-hydroxylation sites is 1. The fourth-order valence-corrected chi connectivity index (χ4v) is 5.53. The Kier molecular flexibility index (Phi) is 12.1. The fourth-order valence-electron chi connectivity index (χ4n) is 5.53. The van der Waals surface area contributed by atoms with Crippen molar-refractivity contribution in [2.24, 2.45) is 0 Å². The molecule has 258 valence electrons. The molecule has 0 saturated heterocycles. The van der Waals surface area contributed by atoms with E-state index >= 15 is 0 Å². The zero-order valence-electron chi connectivity index (χ0n) is 27.7. The molecule has 0 saturated carbocycles. The SMILES string of the molecule is Cc1cc(Oc2ccc3nc(C(C)Oc4ccc(CC(Nc5ccccc5C(=O)c5ccccc5)C(=O)O)cc4)[nH]c3c2)cc(C)c1N.Cl.Cl. The van der Waals surface area contributed by atoms with Crippen LogP contribution in [0.4, 0.5) is 11.4 Å². The number of ether oxygens (including phenoxy) is 2. The summed E-state index contributed by atoms with van der Waals surface area (Å²) in [6.07, 6.45) is -0.190. The number of rotatable bonds is 12. The molecule has 0 amide bonds. The number of nitrogens with zero attached hydrogens (tertiary/aromatic N) is 1. The van der Waals surface area contributed by atoms with Crippen LogP contribution < -0.4 is 20.5 Å². The van der Waals surface area contributed by atoms with Crippen molar-refractivity contribution in [3.05, 3.63) is 143 Å². The van der Waals surface area contributed by atoms with Gasteiger partial charge in [-0.3, -0.25) is 4.79 Å². The molecule has 0 aliphatic rings. The van der Waals surface area contributed by atoms with E-state index in [1.54, 1.807) is 48.5 Å². The lowest BCUT2D eigenvalue weighted by atomic mass is 10.00. The van der Waals surface area contributed by atoms with E-state index < -0.39 is 12.0 Å². The van der Waals surface area contributed by atoms with Crippen LogP contribution in [0.25, 0.3) is 11.0 Å². The van der Waals surface area contributed by atoms with Gasteiger partial charge < -0.3 is 30.6 Å². The number of imidazole rings is 1. The van der Waals surface area contributed by atoms with Crippen LogP contribution in [0.15, 0.2) is 109 Å². The monoisotopic (exact) mass is 712 g/mol. The van der Waals surface area contributed by atoms with E-state index in [1.165, 1.54) is 0 Å². The molecule has 2 unspecified atom stereocenters. The number of benzene rings is 5. The average molecular weight is 714 g/mol. The van der Waals surface area contributed by atoms with Gasteiger partial charge in [-0.1, -0.05) is 54.6 Å². The second kappa shape index (κ2) is 16.3. The number of aliphatic carboxylic acids is 1. The molecule has 0 aliphatic carbocycles. The van der Waals surface area contributed by atoms with Crippen molar-refractivity contribution >= 4 is 59.0 Å². The maximum atomic E-state index is 13.2. The van der Waals surface area contributed by atoms with Crippen LogP contribution in [0.3, 0.4) is 0 Å². The Morgan fingerprint density at radius 1 is 0.840 bits per heavy atom. The number of H-pyrrole nitrogens is 1. The summed E-state index contributed by atoms with van der Waals surface area (Å²) in [5.74, 6) is 1.45. The highest BCUT2D eigenvalue weighted by Crippen LogP contribution is 2.30. The van der Waals surface area contributed by atoms with Crippen LogP contribution >= 0.6 is 24.8 Å². The maximum Gasteiger partial charge on any atom is 0.326 e. The van der Waals surface area contributed by atoms with Crippen molar-refractivity contribution in [1.82, 2.24) is 9.97 Å². The smallest absolute Gasteiger partial charge is 0.326 e. The lowest BCUT2D eigenvalue weighted by molar-refractivity contribution is -0.137. The van der Waals surface area contributed by atoms with E-state index in [9.17, 15) is 14.7 Å². The summed E-state index contributed by atoms with van der Waals surface area (Å²) in [5, 5.41) is 13.1. The van der Waals surface area contributed by atoms with E-state index in [0.29, 0.717) is 39.9 Å². The highest BCUT2D eigenvalue weighted by atomic mass is 35.5. The first-order valence-corrected chi connectivity index (χ1v) is 15.6. The zero-order valence-corrected chi connectivity index (χ0v) is 29.3. The molecule has 9 nitrogen and oxygen atoms in total. The number of aromatic nitrogens is 2. The molecule has 0 radical (unpaired) electrons. The molecule has 0 spiro atoms. The molecule has 11 heteroatoms. The van der Waals surface area contributed by atoms with Gasteiger partial charge in [0, 0.05) is 35.0 Å². The summed E-state index contributed by atoms with van der Waals surface area (Å²) < 4.78 is 12.3. The third-order valence-corrected chi connectivity index (χ3v) is 8.17. The number of nitrogens with one attached hydrogen (secondary N) is 2. The van der Waals surface area contributed by atoms with Gasteiger partial charge >= 0.3 is 5.97 Å². The van der Waals surface area contributed by atoms with Gasteiger partial charge in [-0.15, -0.1) is 24.8 Å². The minimum Gasteiger partial charge on any atom is -0.483 e. The quantitative estimate of drug-likeness (QED) is 0.0729. The number of anilines is 2. The summed E-state index contributed by atoms with van der Waals surface area (Å²) in [6, 6.07) is 31.7. The first-order chi connectivity index (χ1) is 23.1. The minimum absolute atomic E-state index is 0. The number of carbonyl (C=O) groups is 2. The van der Waals surface area contributed by atoms with Gasteiger partial charge in [-0.25, -0.2) is 9.78 Å². The zero-order chi connectivity index (χ0) is 33.8. The fraction of sp³-hybridized carbons (Fsp3) is 0.154. The number of carboxylic acids is 1. The first kappa shape index (κ1) is 37.3. The van der Waals surface area contributed by atoms with E-state index in [1.807, 2.05) is 81.4 Å². The number of hydrogen-bond acceptors (Lipinski definition) is 7. The Hall–Kier alpha value is -5.51. The Morgan fingerprint density at radius 2 is 1.48 bits per heavy atom. The molecule has 1 aromatic heterocycles. The predicted molar refractivity (Wildman–Crippen MR) is 202 cm³/mol. The summed E-state index contributed by atoms with van der Waals surface area (Å²) in [4.78, 5) is 33.4. The van der Waals surface area contributed by atoms with Crippen LogP contribution in [-0.2, 0) is 11.2 Å². The van der Waals surface area contributed by atoms with Gasteiger partial charge in [0.05, 0.1) is 11.0 Å². The molecule has 1 heterocycles. The summed E-state index contributed by atoms with van der Waals surface area (Å²) in [5.41, 5.74) is 12.6. The topological polar surface area (TPSA) is 140 Å². The van der Waals surface area contributed by atoms with E-state index in [-0.39, 0.29) is 43.1 Å². The highest BCUT2D eigenvalue weighted by molar-refractivity contribution is 6.12. The molecular formula is C39H38Cl2N4O5. The number of carbonyl (C=O) groups excluding carboxylic acids is 1. The van der Waals surface area contributed by atoms with Crippen molar-refractivity contribution in [3.63, 3.8) is 0 Å². The number of hydrogen-bond donors (Lipinski definition) is 4. The molecular weight excluding hydrogens is 675 g/mol. The average Bonchev–Trinajstić information content (AvgIpc) is 3.52. The molecule has 0 bridgehead atoms. The third kappa shape index (κ3) is 8.55. The second-order valence-electron chi connectivity index (χ2n) is 11.8. The predicted octanol–water partition coefficient (Wildman–Crippen LogP) is 8.88. The van der Waals surface area contributed by atoms with Gasteiger partial charge in [0.15, 0.2) is 11.9 Å². The Balaban J connectivity index is 0.00000281. The summed E-state index contributed by atoms with van der Waals surface area (Å²) in [6.45, 7) is 5.82. The molecule has 6 rings (SSSR count). The second-order valence-corrected chi connectivity index (χ2v) is 11.8. The van der Waals surface area contributed by atoms with E-state index in [4.69, 9.17) is 20.2 Å². The van der Waals surface area contributed by atoms with Crippen LogP contribution in [0.5, 0.6) is 17.2 Å². The van der Waals surface area contributed by atoms with E-state index in [2.05, 4.69) is 10.3 Å². The Morgan fingerprint density at radius 3 is 2.16 bits per heavy atom. The molecule has 0 fully saturated rings. The van der Waals surface area contributed by atoms with Crippen LogP contribution in [0.1, 0.15) is 51.5 Å². The van der Waals surface area contributed by atoms with Gasteiger partial charge in [0.2, 0.25) is 0 Å². The number of ketones is 1. The number of aryl methyl sites for hydroxylation is 2. The summed E-state index contributed by atoms with van der Waals surface area (Å²) >= 11 is 0. The number of halogens is 2. The van der Waals surface area contributed by atoms with Crippen molar-refractivity contribution < 1.29 is 24.2 Å². The Bertz CT molecular complexity index is 2080. The molecule has 2 atom stereocenters. The molecule has 50 heavy (non-hydrogen) atoms. The number of aromatic amines is 1. The third-order valence-electron chi connectivity index (χ3n) is 8.17. The highest BCUT2D eigenvalue weighted by Gasteiger charge is 2.22. The van der Waals surface area contributed by atoms with Gasteiger partial charge in [-0.2, -0.15) is 0 Å². The number of nitrogen functional groups attached to an aromatic ring is 1. The van der Waals surface area contributed by atoms with Crippen LogP contribution in [0, 0.1) is 13.8 Å². The van der Waals surface area contributed by atoms with Crippen molar-refractivity contribution in [2.45, 2.75) is 39.3 Å². The molecule has 6 aromatic rings. The van der Waals surface area contributed by atoms with Gasteiger partial charge in [0.1, 0.15) is 29.1 Å². The molecule has 5 aromatic carbocycles. The number of carboxylic acid groups (broad SMARTS) is 1.